The topological polar surface area (TPSA) is 84.3 Å². The van der Waals surface area contributed by atoms with Gasteiger partial charge in [0.1, 0.15) is 0 Å². The minimum absolute atomic E-state index is 0.137. The van der Waals surface area contributed by atoms with Gasteiger partial charge in [0.05, 0.1) is 17.9 Å². The average Bonchev–Trinajstić information content (AvgIpc) is 3.34. The highest BCUT2D eigenvalue weighted by Crippen LogP contribution is 2.16. The molecule has 0 saturated carbocycles. The number of hydrogen-bond acceptors (Lipinski definition) is 4. The van der Waals surface area contributed by atoms with Gasteiger partial charge in [0, 0.05) is 31.1 Å². The molecular formula is C25H26N4O3. The summed E-state index contributed by atoms with van der Waals surface area (Å²) in [6, 6.07) is 17.0. The summed E-state index contributed by atoms with van der Waals surface area (Å²) in [5, 5.41) is 7.53. The predicted octanol–water partition coefficient (Wildman–Crippen LogP) is 3.19. The first kappa shape index (κ1) is 21.5. The number of carbonyl (C=O) groups excluding carboxylic acids is 3. The second-order valence-corrected chi connectivity index (χ2v) is 7.95. The first-order valence-electron chi connectivity index (χ1n) is 10.8. The van der Waals surface area contributed by atoms with Crippen LogP contribution in [-0.4, -0.2) is 38.9 Å². The number of rotatable bonds is 8. The molecule has 0 bridgehead atoms. The van der Waals surface area contributed by atoms with Gasteiger partial charge in [0.15, 0.2) is 0 Å². The van der Waals surface area contributed by atoms with Gasteiger partial charge in [0.25, 0.3) is 5.91 Å². The Bertz CT molecular complexity index is 1100. The van der Waals surface area contributed by atoms with Crippen LogP contribution >= 0.6 is 0 Å². The first-order valence-corrected chi connectivity index (χ1v) is 10.8. The van der Waals surface area contributed by atoms with Crippen LogP contribution < -0.4 is 5.32 Å². The van der Waals surface area contributed by atoms with Crippen molar-refractivity contribution in [3.8, 4) is 5.69 Å². The molecule has 7 nitrogen and oxygen atoms in total. The van der Waals surface area contributed by atoms with Gasteiger partial charge in [-0.15, -0.1) is 0 Å². The van der Waals surface area contributed by atoms with E-state index in [-0.39, 0.29) is 37.1 Å². The van der Waals surface area contributed by atoms with Gasteiger partial charge in [-0.1, -0.05) is 30.3 Å². The third-order valence-corrected chi connectivity index (χ3v) is 5.64. The lowest BCUT2D eigenvalue weighted by Crippen LogP contribution is -2.28. The summed E-state index contributed by atoms with van der Waals surface area (Å²) >= 11 is 0. The Morgan fingerprint density at radius 2 is 1.69 bits per heavy atom. The van der Waals surface area contributed by atoms with Crippen molar-refractivity contribution in [2.24, 2.45) is 0 Å². The SMILES string of the molecule is Cc1nn(-c2ccccc2)cc1CCCNC(=O)c1ccc(CN2C(=O)CCC2=O)cc1. The summed E-state index contributed by atoms with van der Waals surface area (Å²) in [4.78, 5) is 37.2. The number of carbonyl (C=O) groups is 3. The molecule has 4 rings (SSSR count). The van der Waals surface area contributed by atoms with E-state index in [1.807, 2.05) is 48.1 Å². The fraction of sp³-hybridized carbons (Fsp3) is 0.280. The van der Waals surface area contributed by atoms with Crippen LogP contribution in [0.4, 0.5) is 0 Å². The van der Waals surface area contributed by atoms with Crippen molar-refractivity contribution in [3.63, 3.8) is 0 Å². The lowest BCUT2D eigenvalue weighted by Gasteiger charge is -2.14. The highest BCUT2D eigenvalue weighted by Gasteiger charge is 2.28. The Kier molecular flexibility index (Phi) is 6.44. The van der Waals surface area contributed by atoms with Crippen molar-refractivity contribution in [2.45, 2.75) is 39.2 Å². The molecule has 0 aliphatic carbocycles. The molecule has 164 valence electrons. The minimum Gasteiger partial charge on any atom is -0.352 e. The Balaban J connectivity index is 1.25. The fourth-order valence-corrected chi connectivity index (χ4v) is 3.78. The molecular weight excluding hydrogens is 404 g/mol. The van der Waals surface area contributed by atoms with E-state index in [1.54, 1.807) is 24.3 Å². The van der Waals surface area contributed by atoms with E-state index < -0.39 is 0 Å². The summed E-state index contributed by atoms with van der Waals surface area (Å²) in [5.41, 5.74) is 4.57. The molecule has 1 N–H and O–H groups in total. The van der Waals surface area contributed by atoms with Crippen molar-refractivity contribution in [1.29, 1.82) is 0 Å². The molecule has 1 aliphatic rings. The molecule has 1 aliphatic heterocycles. The first-order chi connectivity index (χ1) is 15.5. The largest absolute Gasteiger partial charge is 0.352 e. The molecule has 1 fully saturated rings. The maximum absolute atomic E-state index is 12.4. The molecule has 32 heavy (non-hydrogen) atoms. The molecule has 3 amide bonds. The molecule has 1 saturated heterocycles. The smallest absolute Gasteiger partial charge is 0.251 e. The van der Waals surface area contributed by atoms with Gasteiger partial charge in [0.2, 0.25) is 11.8 Å². The molecule has 1 aromatic heterocycles. The second-order valence-electron chi connectivity index (χ2n) is 7.95. The van der Waals surface area contributed by atoms with Crippen LogP contribution in [0.2, 0.25) is 0 Å². The van der Waals surface area contributed by atoms with Crippen molar-refractivity contribution in [2.75, 3.05) is 6.54 Å². The zero-order valence-corrected chi connectivity index (χ0v) is 18.1. The number of hydrogen-bond donors (Lipinski definition) is 1. The number of likely N-dealkylation sites (tertiary alicyclic amines) is 1. The van der Waals surface area contributed by atoms with Crippen LogP contribution in [0, 0.1) is 6.92 Å². The molecule has 0 spiro atoms. The van der Waals surface area contributed by atoms with Crippen LogP contribution in [-0.2, 0) is 22.6 Å². The van der Waals surface area contributed by atoms with E-state index >= 15 is 0 Å². The van der Waals surface area contributed by atoms with Gasteiger partial charge < -0.3 is 5.32 Å². The number of nitrogens with one attached hydrogen (secondary N) is 1. The van der Waals surface area contributed by atoms with E-state index in [0.717, 1.165) is 29.8 Å². The summed E-state index contributed by atoms with van der Waals surface area (Å²) in [7, 11) is 0. The van der Waals surface area contributed by atoms with E-state index in [0.29, 0.717) is 12.1 Å². The van der Waals surface area contributed by atoms with Crippen molar-refractivity contribution >= 4 is 17.7 Å². The van der Waals surface area contributed by atoms with Gasteiger partial charge in [-0.25, -0.2) is 4.68 Å². The van der Waals surface area contributed by atoms with Crippen LogP contribution in [0.15, 0.2) is 60.8 Å². The highest BCUT2D eigenvalue weighted by molar-refractivity contribution is 6.01. The van der Waals surface area contributed by atoms with Crippen molar-refractivity contribution in [1.82, 2.24) is 20.0 Å². The lowest BCUT2D eigenvalue weighted by molar-refractivity contribution is -0.139. The van der Waals surface area contributed by atoms with Crippen LogP contribution in [0.25, 0.3) is 5.69 Å². The monoisotopic (exact) mass is 430 g/mol. The quantitative estimate of drug-likeness (QED) is 0.439. The number of nitrogens with zero attached hydrogens (tertiary/aromatic N) is 3. The van der Waals surface area contributed by atoms with E-state index in [1.165, 1.54) is 10.5 Å². The number of aromatic nitrogens is 2. The van der Waals surface area contributed by atoms with E-state index in [4.69, 9.17) is 0 Å². The van der Waals surface area contributed by atoms with Gasteiger partial charge in [-0.05, 0) is 55.2 Å². The van der Waals surface area contributed by atoms with Crippen molar-refractivity contribution in [3.05, 3.63) is 83.2 Å². The van der Waals surface area contributed by atoms with E-state index in [9.17, 15) is 14.4 Å². The minimum atomic E-state index is -0.138. The maximum Gasteiger partial charge on any atom is 0.251 e. The number of imide groups is 1. The highest BCUT2D eigenvalue weighted by atomic mass is 16.2. The predicted molar refractivity (Wildman–Crippen MR) is 120 cm³/mol. The van der Waals surface area contributed by atoms with Crippen LogP contribution in [0.5, 0.6) is 0 Å². The van der Waals surface area contributed by atoms with Crippen LogP contribution in [0.1, 0.15) is 46.4 Å². The fourth-order valence-electron chi connectivity index (χ4n) is 3.78. The third kappa shape index (κ3) is 4.94. The van der Waals surface area contributed by atoms with Gasteiger partial charge in [-0.3, -0.25) is 19.3 Å². The Labute approximate surface area is 187 Å². The zero-order chi connectivity index (χ0) is 22.5. The molecule has 7 heteroatoms. The summed E-state index contributed by atoms with van der Waals surface area (Å²) in [6.45, 7) is 2.82. The molecule has 0 radical (unpaired) electrons. The molecule has 0 atom stereocenters. The molecule has 2 aromatic carbocycles. The Morgan fingerprint density at radius 1 is 1.00 bits per heavy atom. The van der Waals surface area contributed by atoms with E-state index in [2.05, 4.69) is 10.4 Å². The number of benzene rings is 2. The van der Waals surface area contributed by atoms with Gasteiger partial charge in [-0.2, -0.15) is 5.10 Å². The standard InChI is InChI=1S/C25H26N4O3/c1-18-21(17-29(27-18)22-7-3-2-4-8-22)6-5-15-26-25(32)20-11-9-19(10-12-20)16-28-23(30)13-14-24(28)31/h2-4,7-12,17H,5-6,13-16H2,1H3,(H,26,32). The summed E-state index contributed by atoms with van der Waals surface area (Å²) < 4.78 is 1.88. The molecule has 2 heterocycles. The molecule has 0 unspecified atom stereocenters. The summed E-state index contributed by atoms with van der Waals surface area (Å²) in [5.74, 6) is -0.413. The normalized spacial score (nSPS) is 13.6. The number of aryl methyl sites for hydroxylation is 2. The maximum atomic E-state index is 12.4. The van der Waals surface area contributed by atoms with Crippen LogP contribution in [0.3, 0.4) is 0 Å². The number of amides is 3. The Morgan fingerprint density at radius 3 is 2.38 bits per heavy atom. The van der Waals surface area contributed by atoms with Crippen molar-refractivity contribution < 1.29 is 14.4 Å². The lowest BCUT2D eigenvalue weighted by atomic mass is 10.1. The summed E-state index contributed by atoms with van der Waals surface area (Å²) in [6.07, 6.45) is 4.25. The molecule has 3 aromatic rings. The average molecular weight is 431 g/mol. The third-order valence-electron chi connectivity index (χ3n) is 5.64. The Hall–Kier alpha value is -3.74. The second kappa shape index (κ2) is 9.60. The number of para-hydroxylation sites is 1. The van der Waals surface area contributed by atoms with Gasteiger partial charge >= 0.3 is 0 Å². The zero-order valence-electron chi connectivity index (χ0n) is 18.1.